The van der Waals surface area contributed by atoms with Gasteiger partial charge in [-0.25, -0.2) is 0 Å². The van der Waals surface area contributed by atoms with Crippen LogP contribution in [0.2, 0.25) is 0 Å². The predicted molar refractivity (Wildman–Crippen MR) is 115 cm³/mol. The smallest absolute Gasteiger partial charge is 0.191 e. The molecular weight excluding hydrogens is 443 g/mol. The molecule has 144 valence electrons. The van der Waals surface area contributed by atoms with Crippen LogP contribution >= 0.6 is 24.0 Å². The fourth-order valence-corrected chi connectivity index (χ4v) is 2.43. The zero-order valence-electron chi connectivity index (χ0n) is 15.5. The average molecular weight is 472 g/mol. The van der Waals surface area contributed by atoms with Crippen molar-refractivity contribution in [2.24, 2.45) is 4.99 Å². The van der Waals surface area contributed by atoms with Gasteiger partial charge in [0.2, 0.25) is 0 Å². The van der Waals surface area contributed by atoms with Crippen molar-refractivity contribution in [2.45, 2.75) is 26.3 Å². The van der Waals surface area contributed by atoms with Gasteiger partial charge >= 0.3 is 0 Å². The van der Waals surface area contributed by atoms with Gasteiger partial charge in [-0.3, -0.25) is 4.99 Å². The fraction of sp³-hybridized carbons (Fsp3) is 0.500. The van der Waals surface area contributed by atoms with Gasteiger partial charge in [0.25, 0.3) is 0 Å². The Labute approximate surface area is 172 Å². The first kappa shape index (κ1) is 22.4. The van der Waals surface area contributed by atoms with Gasteiger partial charge in [0.1, 0.15) is 12.2 Å². The van der Waals surface area contributed by atoms with Crippen molar-refractivity contribution >= 4 is 29.9 Å². The van der Waals surface area contributed by atoms with Crippen molar-refractivity contribution in [1.29, 1.82) is 0 Å². The Morgan fingerprint density at radius 3 is 2.69 bits per heavy atom. The van der Waals surface area contributed by atoms with Gasteiger partial charge in [-0.15, -0.1) is 34.2 Å². The zero-order valence-corrected chi connectivity index (χ0v) is 17.8. The fourth-order valence-electron chi connectivity index (χ4n) is 2.43. The number of hydrogen-bond donors (Lipinski definition) is 2. The third-order valence-corrected chi connectivity index (χ3v) is 3.77. The second kappa shape index (κ2) is 13.5. The van der Waals surface area contributed by atoms with E-state index >= 15 is 0 Å². The monoisotopic (exact) mass is 472 g/mol. The highest BCUT2D eigenvalue weighted by Gasteiger charge is 2.03. The molecule has 0 spiro atoms. The van der Waals surface area contributed by atoms with Gasteiger partial charge in [-0.2, -0.15) is 0 Å². The summed E-state index contributed by atoms with van der Waals surface area (Å²) >= 11 is 0. The maximum atomic E-state index is 5.08. The van der Waals surface area contributed by atoms with Crippen LogP contribution in [0.3, 0.4) is 0 Å². The summed E-state index contributed by atoms with van der Waals surface area (Å²) in [5.41, 5.74) is 1.31. The average Bonchev–Trinajstić information content (AvgIpc) is 3.10. The van der Waals surface area contributed by atoms with E-state index in [0.29, 0.717) is 13.2 Å². The molecule has 0 aliphatic heterocycles. The van der Waals surface area contributed by atoms with Crippen LogP contribution in [0.25, 0.3) is 0 Å². The topological polar surface area (TPSA) is 76.4 Å². The Morgan fingerprint density at radius 2 is 1.96 bits per heavy atom. The number of aromatic nitrogens is 3. The van der Waals surface area contributed by atoms with Gasteiger partial charge in [0, 0.05) is 33.2 Å². The third-order valence-electron chi connectivity index (χ3n) is 3.77. The number of aliphatic imine (C=N–C) groups is 1. The van der Waals surface area contributed by atoms with Crippen LogP contribution in [0.4, 0.5) is 0 Å². The lowest BCUT2D eigenvalue weighted by atomic mass is 10.1. The molecule has 1 aromatic carbocycles. The molecule has 0 bridgehead atoms. The van der Waals surface area contributed by atoms with E-state index in [2.05, 4.69) is 61.6 Å². The number of rotatable bonds is 10. The molecule has 1 heterocycles. The molecule has 0 aliphatic carbocycles. The number of ether oxygens (including phenoxy) is 1. The van der Waals surface area contributed by atoms with Crippen LogP contribution in [-0.4, -0.2) is 54.1 Å². The Bertz CT molecular complexity index is 632. The number of aryl methyl sites for hydroxylation is 1. The maximum Gasteiger partial charge on any atom is 0.191 e. The summed E-state index contributed by atoms with van der Waals surface area (Å²) in [5, 5.41) is 14.8. The number of hydrogen-bond acceptors (Lipinski definition) is 4. The quantitative estimate of drug-likeness (QED) is 0.239. The second-order valence-corrected chi connectivity index (χ2v) is 5.61. The van der Waals surface area contributed by atoms with E-state index in [1.54, 1.807) is 13.4 Å². The molecule has 2 rings (SSSR count). The normalized spacial score (nSPS) is 11.1. The first-order valence-electron chi connectivity index (χ1n) is 8.75. The van der Waals surface area contributed by atoms with Gasteiger partial charge < -0.3 is 19.9 Å². The van der Waals surface area contributed by atoms with Gasteiger partial charge in [0.15, 0.2) is 5.96 Å². The van der Waals surface area contributed by atoms with Crippen LogP contribution in [0.5, 0.6) is 0 Å². The van der Waals surface area contributed by atoms with Crippen LogP contribution in [0.1, 0.15) is 18.3 Å². The zero-order chi connectivity index (χ0) is 17.7. The highest BCUT2D eigenvalue weighted by atomic mass is 127. The van der Waals surface area contributed by atoms with E-state index in [9.17, 15) is 0 Å². The number of nitrogens with zero attached hydrogens (tertiary/aromatic N) is 4. The molecule has 0 saturated carbocycles. The van der Waals surface area contributed by atoms with Crippen molar-refractivity contribution in [3.05, 3.63) is 48.0 Å². The first-order chi connectivity index (χ1) is 12.3. The predicted octanol–water partition coefficient (Wildman–Crippen LogP) is 1.88. The summed E-state index contributed by atoms with van der Waals surface area (Å²) in [6.07, 6.45) is 3.60. The Balaban J connectivity index is 0.00000338. The molecule has 0 fully saturated rings. The van der Waals surface area contributed by atoms with Crippen molar-refractivity contribution < 1.29 is 4.74 Å². The Morgan fingerprint density at radius 1 is 1.19 bits per heavy atom. The summed E-state index contributed by atoms with van der Waals surface area (Å²) in [7, 11) is 1.68. The SMILES string of the molecule is CCc1nncn1CCNC(=NCCOC)NCCc1ccccc1.I. The molecule has 0 unspecified atom stereocenters. The summed E-state index contributed by atoms with van der Waals surface area (Å²) in [5.74, 6) is 1.80. The summed E-state index contributed by atoms with van der Waals surface area (Å²) in [4.78, 5) is 4.53. The Hall–Kier alpha value is -1.68. The number of methoxy groups -OCH3 is 1. The van der Waals surface area contributed by atoms with E-state index in [4.69, 9.17) is 4.74 Å². The second-order valence-electron chi connectivity index (χ2n) is 5.61. The molecule has 7 nitrogen and oxygen atoms in total. The Kier molecular flexibility index (Phi) is 11.6. The number of guanidine groups is 1. The molecule has 26 heavy (non-hydrogen) atoms. The first-order valence-corrected chi connectivity index (χ1v) is 8.75. The van der Waals surface area contributed by atoms with Crippen molar-refractivity contribution in [2.75, 3.05) is 33.4 Å². The van der Waals surface area contributed by atoms with E-state index in [-0.39, 0.29) is 24.0 Å². The molecule has 0 aliphatic rings. The minimum Gasteiger partial charge on any atom is -0.383 e. The maximum absolute atomic E-state index is 5.08. The number of benzene rings is 1. The molecular formula is C18H29IN6O. The van der Waals surface area contributed by atoms with E-state index in [0.717, 1.165) is 44.3 Å². The van der Waals surface area contributed by atoms with Gasteiger partial charge in [-0.05, 0) is 12.0 Å². The van der Waals surface area contributed by atoms with Crippen molar-refractivity contribution in [1.82, 2.24) is 25.4 Å². The molecule has 0 amide bonds. The largest absolute Gasteiger partial charge is 0.383 e. The minimum absolute atomic E-state index is 0. The molecule has 0 saturated heterocycles. The van der Waals surface area contributed by atoms with E-state index in [1.807, 2.05) is 6.07 Å². The van der Waals surface area contributed by atoms with Crippen molar-refractivity contribution in [3.8, 4) is 0 Å². The molecule has 8 heteroatoms. The third kappa shape index (κ3) is 8.13. The van der Waals surface area contributed by atoms with Gasteiger partial charge in [-0.1, -0.05) is 37.3 Å². The summed E-state index contributed by atoms with van der Waals surface area (Å²) in [6.45, 7) is 5.71. The lowest BCUT2D eigenvalue weighted by Gasteiger charge is -2.13. The molecule has 2 N–H and O–H groups in total. The van der Waals surface area contributed by atoms with Crippen LogP contribution in [0, 0.1) is 0 Å². The lowest BCUT2D eigenvalue weighted by molar-refractivity contribution is 0.208. The summed E-state index contributed by atoms with van der Waals surface area (Å²) < 4.78 is 7.14. The minimum atomic E-state index is 0. The lowest BCUT2D eigenvalue weighted by Crippen LogP contribution is -2.40. The molecule has 2 aromatic rings. The van der Waals surface area contributed by atoms with Crippen LogP contribution in [-0.2, 0) is 24.1 Å². The van der Waals surface area contributed by atoms with Gasteiger partial charge in [0.05, 0.1) is 13.2 Å². The van der Waals surface area contributed by atoms with E-state index < -0.39 is 0 Å². The molecule has 0 atom stereocenters. The molecule has 1 aromatic heterocycles. The van der Waals surface area contributed by atoms with E-state index in [1.165, 1.54) is 5.56 Å². The van der Waals surface area contributed by atoms with Crippen LogP contribution in [0.15, 0.2) is 41.7 Å². The standard InChI is InChI=1S/C18H28N6O.HI/c1-3-17-23-22-15-24(17)13-11-20-18(21-12-14-25-2)19-10-9-16-7-5-4-6-8-16;/h4-8,15H,3,9-14H2,1-2H3,(H2,19,20,21);1H. The van der Waals surface area contributed by atoms with Crippen LogP contribution < -0.4 is 10.6 Å². The number of nitrogens with one attached hydrogen (secondary N) is 2. The highest BCUT2D eigenvalue weighted by molar-refractivity contribution is 14.0. The molecule has 0 radical (unpaired) electrons. The highest BCUT2D eigenvalue weighted by Crippen LogP contribution is 1.98. The summed E-state index contributed by atoms with van der Waals surface area (Å²) in [6, 6.07) is 10.4. The number of halogens is 1. The van der Waals surface area contributed by atoms with Crippen molar-refractivity contribution in [3.63, 3.8) is 0 Å².